The summed E-state index contributed by atoms with van der Waals surface area (Å²) >= 11 is 0. The Morgan fingerprint density at radius 1 is 1.44 bits per heavy atom. The molecule has 0 bridgehead atoms. The summed E-state index contributed by atoms with van der Waals surface area (Å²) in [6.07, 6.45) is -1.32. The van der Waals surface area contributed by atoms with Gasteiger partial charge < -0.3 is 11.1 Å². The van der Waals surface area contributed by atoms with Crippen LogP contribution in [0.15, 0.2) is 29.2 Å². The minimum atomic E-state index is -4.62. The molecule has 6 nitrogen and oxygen atoms in total. The molecule has 1 unspecified atom stereocenters. The Morgan fingerprint density at radius 3 is 2.61 bits per heavy atom. The number of nitrogens with zero attached hydrogens (tertiary/aromatic N) is 3. The molecule has 0 amide bonds. The second kappa shape index (κ2) is 3.73. The third-order valence-corrected chi connectivity index (χ3v) is 2.52. The molecule has 5 N–H and O–H groups in total. The Labute approximate surface area is 100 Å². The highest BCUT2D eigenvalue weighted by atomic mass is 19.4. The summed E-state index contributed by atoms with van der Waals surface area (Å²) < 4.78 is 40.1. The quantitative estimate of drug-likeness (QED) is 0.657. The predicted octanol–water partition coefficient (Wildman–Crippen LogP) is -0.104. The van der Waals surface area contributed by atoms with Gasteiger partial charge in [-0.25, -0.2) is 4.99 Å². The molecular formula is C9H11F3N6. The SMILES string of the molecule is Cn1cc(C2(N)N=C(N)NC=C2C(F)(F)F)cn1. The number of aliphatic imine (C=N–C) groups is 1. The molecule has 18 heavy (non-hydrogen) atoms. The first-order chi connectivity index (χ1) is 8.23. The molecule has 0 radical (unpaired) electrons. The van der Waals surface area contributed by atoms with Crippen LogP contribution in [0.3, 0.4) is 0 Å². The number of aromatic nitrogens is 2. The molecule has 98 valence electrons. The molecular weight excluding hydrogens is 249 g/mol. The Bertz CT molecular complexity index is 529. The van der Waals surface area contributed by atoms with Crippen LogP contribution in [-0.2, 0) is 12.7 Å². The molecule has 0 saturated heterocycles. The summed E-state index contributed by atoms with van der Waals surface area (Å²) in [4.78, 5) is 3.67. The molecule has 2 heterocycles. The van der Waals surface area contributed by atoms with E-state index in [1.165, 1.54) is 17.1 Å². The maximum atomic E-state index is 12.9. The summed E-state index contributed by atoms with van der Waals surface area (Å²) in [5.74, 6) is -0.186. The van der Waals surface area contributed by atoms with Crippen LogP contribution in [0.25, 0.3) is 0 Å². The molecule has 9 heteroatoms. The summed E-state index contributed by atoms with van der Waals surface area (Å²) in [5, 5.41) is 6.00. The van der Waals surface area contributed by atoms with Gasteiger partial charge in [0.15, 0.2) is 11.6 Å². The zero-order chi connectivity index (χ0) is 13.6. The molecule has 1 atom stereocenters. The molecule has 1 aliphatic heterocycles. The van der Waals surface area contributed by atoms with Crippen molar-refractivity contribution >= 4 is 5.96 Å². The third-order valence-electron chi connectivity index (χ3n) is 2.52. The Hall–Kier alpha value is -2.03. The highest BCUT2D eigenvalue weighted by Crippen LogP contribution is 2.40. The van der Waals surface area contributed by atoms with Crippen molar-refractivity contribution in [2.24, 2.45) is 23.5 Å². The second-order valence-electron chi connectivity index (χ2n) is 3.87. The van der Waals surface area contributed by atoms with Gasteiger partial charge in [0, 0.05) is 25.0 Å². The van der Waals surface area contributed by atoms with E-state index in [-0.39, 0.29) is 11.5 Å². The van der Waals surface area contributed by atoms with Gasteiger partial charge in [0.1, 0.15) is 0 Å². The smallest absolute Gasteiger partial charge is 0.370 e. The highest BCUT2D eigenvalue weighted by molar-refractivity contribution is 5.81. The van der Waals surface area contributed by atoms with E-state index in [9.17, 15) is 13.2 Å². The van der Waals surface area contributed by atoms with Crippen molar-refractivity contribution in [3.63, 3.8) is 0 Å². The largest absolute Gasteiger partial charge is 0.418 e. The fourth-order valence-corrected chi connectivity index (χ4v) is 1.67. The average molecular weight is 260 g/mol. The van der Waals surface area contributed by atoms with Crippen LogP contribution in [-0.4, -0.2) is 21.9 Å². The first-order valence-corrected chi connectivity index (χ1v) is 4.91. The normalized spacial score (nSPS) is 24.3. The van der Waals surface area contributed by atoms with Gasteiger partial charge in [-0.05, 0) is 0 Å². The van der Waals surface area contributed by atoms with Crippen molar-refractivity contribution in [2.75, 3.05) is 0 Å². The lowest BCUT2D eigenvalue weighted by atomic mass is 9.94. The molecule has 1 aromatic heterocycles. The van der Waals surface area contributed by atoms with Crippen molar-refractivity contribution in [1.29, 1.82) is 0 Å². The molecule has 0 aromatic carbocycles. The molecule has 0 aliphatic carbocycles. The molecule has 0 fully saturated rings. The van der Waals surface area contributed by atoms with E-state index >= 15 is 0 Å². The van der Waals surface area contributed by atoms with Gasteiger partial charge in [0.2, 0.25) is 0 Å². The lowest BCUT2D eigenvalue weighted by Gasteiger charge is -2.31. The van der Waals surface area contributed by atoms with Crippen LogP contribution >= 0.6 is 0 Å². The van der Waals surface area contributed by atoms with Crippen LogP contribution in [0, 0.1) is 0 Å². The Balaban J connectivity index is 2.55. The molecule has 2 rings (SSSR count). The van der Waals surface area contributed by atoms with E-state index in [0.717, 1.165) is 6.20 Å². The zero-order valence-corrected chi connectivity index (χ0v) is 9.36. The lowest BCUT2D eigenvalue weighted by Crippen LogP contribution is -2.49. The number of rotatable bonds is 1. The molecule has 1 aromatic rings. The Kier molecular flexibility index (Phi) is 2.58. The summed E-state index contributed by atoms with van der Waals surface area (Å²) in [6, 6.07) is 0. The average Bonchev–Trinajstić information content (AvgIpc) is 2.63. The van der Waals surface area contributed by atoms with Crippen molar-refractivity contribution < 1.29 is 13.2 Å². The van der Waals surface area contributed by atoms with Crippen LogP contribution in [0.2, 0.25) is 0 Å². The molecule has 0 spiro atoms. The van der Waals surface area contributed by atoms with Gasteiger partial charge >= 0.3 is 6.18 Å². The maximum Gasteiger partial charge on any atom is 0.418 e. The fourth-order valence-electron chi connectivity index (χ4n) is 1.67. The maximum absolute atomic E-state index is 12.9. The van der Waals surface area contributed by atoms with Crippen molar-refractivity contribution in [3.05, 3.63) is 29.7 Å². The third kappa shape index (κ3) is 1.92. The first-order valence-electron chi connectivity index (χ1n) is 4.91. The number of alkyl halides is 3. The zero-order valence-electron chi connectivity index (χ0n) is 9.36. The van der Waals surface area contributed by atoms with E-state index in [4.69, 9.17) is 11.5 Å². The van der Waals surface area contributed by atoms with Gasteiger partial charge in [-0.15, -0.1) is 0 Å². The van der Waals surface area contributed by atoms with E-state index in [0.29, 0.717) is 0 Å². The fraction of sp³-hybridized carbons (Fsp3) is 0.333. The van der Waals surface area contributed by atoms with Gasteiger partial charge in [0.05, 0.1) is 11.8 Å². The first kappa shape index (κ1) is 12.4. The van der Waals surface area contributed by atoms with E-state index in [2.05, 4.69) is 15.4 Å². The second-order valence-corrected chi connectivity index (χ2v) is 3.87. The number of aryl methyl sites for hydroxylation is 1. The summed E-state index contributed by atoms with van der Waals surface area (Å²) in [6.45, 7) is 0. The highest BCUT2D eigenvalue weighted by Gasteiger charge is 2.49. The standard InChI is InChI=1S/C9H11F3N6/c1-18-4-5(2-16-18)8(14)6(9(10,11)12)3-15-7(13)17-8/h2-4H,14H2,1H3,(H3,13,15,17). The minimum Gasteiger partial charge on any atom is -0.370 e. The van der Waals surface area contributed by atoms with E-state index < -0.39 is 17.4 Å². The number of nitrogens with one attached hydrogen (secondary N) is 1. The van der Waals surface area contributed by atoms with Crippen LogP contribution in [0.1, 0.15) is 5.56 Å². The Morgan fingerprint density at radius 2 is 2.11 bits per heavy atom. The number of halogens is 3. The lowest BCUT2D eigenvalue weighted by molar-refractivity contribution is -0.102. The predicted molar refractivity (Wildman–Crippen MR) is 58.0 cm³/mol. The van der Waals surface area contributed by atoms with Gasteiger partial charge in [-0.3, -0.25) is 10.4 Å². The van der Waals surface area contributed by atoms with Gasteiger partial charge in [0.25, 0.3) is 0 Å². The van der Waals surface area contributed by atoms with Crippen LogP contribution in [0.5, 0.6) is 0 Å². The van der Waals surface area contributed by atoms with E-state index in [1.807, 2.05) is 0 Å². The number of hydrogen-bond acceptors (Lipinski definition) is 5. The van der Waals surface area contributed by atoms with Crippen molar-refractivity contribution in [3.8, 4) is 0 Å². The van der Waals surface area contributed by atoms with Crippen molar-refractivity contribution in [1.82, 2.24) is 15.1 Å². The van der Waals surface area contributed by atoms with Gasteiger partial charge in [-0.1, -0.05) is 0 Å². The number of hydrogen-bond donors (Lipinski definition) is 3. The number of nitrogens with two attached hydrogens (primary N) is 2. The molecule has 1 aliphatic rings. The minimum absolute atomic E-state index is 0.109. The van der Waals surface area contributed by atoms with Crippen LogP contribution < -0.4 is 16.8 Å². The summed E-state index contributed by atoms with van der Waals surface area (Å²) in [5.41, 5.74) is 8.14. The molecule has 0 saturated carbocycles. The number of guanidine groups is 1. The monoisotopic (exact) mass is 260 g/mol. The van der Waals surface area contributed by atoms with E-state index in [1.54, 1.807) is 7.05 Å². The van der Waals surface area contributed by atoms with Crippen molar-refractivity contribution in [2.45, 2.75) is 11.8 Å². The van der Waals surface area contributed by atoms with Crippen LogP contribution in [0.4, 0.5) is 13.2 Å². The summed E-state index contributed by atoms with van der Waals surface area (Å²) in [7, 11) is 1.57. The van der Waals surface area contributed by atoms with Gasteiger partial charge in [-0.2, -0.15) is 18.3 Å². The topological polar surface area (TPSA) is 94.2 Å².